The normalized spacial score (nSPS) is 10.9. The summed E-state index contributed by atoms with van der Waals surface area (Å²) in [5.41, 5.74) is 4.59. The van der Waals surface area contributed by atoms with Crippen LogP contribution in [0.1, 0.15) is 10.4 Å². The number of aromatic carboxylic acids is 1. The van der Waals surface area contributed by atoms with E-state index in [4.69, 9.17) is 4.42 Å². The van der Waals surface area contributed by atoms with Gasteiger partial charge in [-0.2, -0.15) is 0 Å². The van der Waals surface area contributed by atoms with Crippen molar-refractivity contribution in [3.63, 3.8) is 0 Å². The number of benzene rings is 3. The number of phenols is 1. The van der Waals surface area contributed by atoms with Crippen molar-refractivity contribution in [2.24, 2.45) is 0 Å². The fourth-order valence-corrected chi connectivity index (χ4v) is 3.34. The van der Waals surface area contributed by atoms with Gasteiger partial charge in [0.05, 0.1) is 5.56 Å². The molecule has 28 heavy (non-hydrogen) atoms. The van der Waals surface area contributed by atoms with Crippen LogP contribution in [-0.4, -0.2) is 21.7 Å². The minimum atomic E-state index is -1.12. The van der Waals surface area contributed by atoms with E-state index in [2.05, 4.69) is 23.0 Å². The maximum absolute atomic E-state index is 11.9. The predicted molar refractivity (Wildman–Crippen MR) is 109 cm³/mol. The van der Waals surface area contributed by atoms with E-state index in [0.29, 0.717) is 39.1 Å². The van der Waals surface area contributed by atoms with E-state index in [9.17, 15) is 19.8 Å². The summed E-state index contributed by atoms with van der Waals surface area (Å²) in [6, 6.07) is 13.7. The number of carboxylic acids is 1. The molecule has 0 spiro atoms. The fraction of sp³-hybridized carbons (Fsp3) is 0. The maximum Gasteiger partial charge on any atom is 0.334 e. The zero-order valence-corrected chi connectivity index (χ0v) is 15.0. The Labute approximate surface area is 164 Å². The molecule has 4 rings (SSSR count). The van der Waals surface area contributed by atoms with E-state index in [-0.39, 0.29) is 16.7 Å². The standard InChI is InChI=1S/C21H12NO5S/c23-12-2-5-15-18(8-12)27-19-9-13(24)3-6-16(19)20(15)14-4-1-11(22-10-28)7-17(14)21(25)26/h1-9,23H,(H,22,28)(H,25,26)/q-1. The number of hydrogen-bond acceptors (Lipinski definition) is 5. The average Bonchev–Trinajstić information content (AvgIpc) is 2.66. The first kappa shape index (κ1) is 17.7. The second kappa shape index (κ2) is 6.79. The van der Waals surface area contributed by atoms with Crippen molar-refractivity contribution in [3.8, 4) is 28.2 Å². The van der Waals surface area contributed by atoms with Crippen molar-refractivity contribution in [3.05, 3.63) is 70.4 Å². The highest BCUT2D eigenvalue weighted by Crippen LogP contribution is 2.42. The van der Waals surface area contributed by atoms with Crippen LogP contribution >= 0.6 is 12.2 Å². The first-order chi connectivity index (χ1) is 13.5. The average molecular weight is 390 g/mol. The van der Waals surface area contributed by atoms with Gasteiger partial charge in [-0.3, -0.25) is 4.79 Å². The molecule has 2 aliphatic rings. The monoisotopic (exact) mass is 390 g/mol. The van der Waals surface area contributed by atoms with Gasteiger partial charge in [0, 0.05) is 28.6 Å². The Hall–Kier alpha value is -3.71. The Morgan fingerprint density at radius 2 is 1.82 bits per heavy atom. The summed E-state index contributed by atoms with van der Waals surface area (Å²) in [5.74, 6) is -0.829. The summed E-state index contributed by atoms with van der Waals surface area (Å²) in [6.07, 6.45) is 0. The Kier molecular flexibility index (Phi) is 4.29. The third kappa shape index (κ3) is 2.97. The van der Waals surface area contributed by atoms with Crippen molar-refractivity contribution in [1.29, 1.82) is 0 Å². The lowest BCUT2D eigenvalue weighted by Gasteiger charge is -2.19. The molecule has 0 atom stereocenters. The molecule has 0 radical (unpaired) electrons. The molecule has 0 aromatic heterocycles. The van der Waals surface area contributed by atoms with Crippen LogP contribution < -0.4 is 10.7 Å². The van der Waals surface area contributed by atoms with Crippen molar-refractivity contribution in [2.45, 2.75) is 0 Å². The predicted octanol–water partition coefficient (Wildman–Crippen LogP) is 4.21. The number of carbonyl (C=O) groups is 1. The van der Waals surface area contributed by atoms with Crippen molar-refractivity contribution >= 4 is 40.3 Å². The van der Waals surface area contributed by atoms with E-state index in [1.807, 2.05) is 0 Å². The summed E-state index contributed by atoms with van der Waals surface area (Å²) in [7, 11) is 0. The van der Waals surface area contributed by atoms with Gasteiger partial charge in [-0.15, -0.1) is 23.3 Å². The highest BCUT2D eigenvalue weighted by Gasteiger charge is 2.21. The lowest BCUT2D eigenvalue weighted by Crippen LogP contribution is -2.04. The smallest absolute Gasteiger partial charge is 0.334 e. The van der Waals surface area contributed by atoms with Crippen LogP contribution in [0.15, 0.2) is 63.8 Å². The summed E-state index contributed by atoms with van der Waals surface area (Å²) in [5, 5.41) is 22.9. The summed E-state index contributed by atoms with van der Waals surface area (Å²) in [6.45, 7) is 0. The zero-order valence-electron chi connectivity index (χ0n) is 14.2. The molecule has 0 saturated heterocycles. The second-order valence-corrected chi connectivity index (χ2v) is 6.31. The number of nitrogens with one attached hydrogen (secondary N) is 1. The summed E-state index contributed by atoms with van der Waals surface area (Å²) >= 11 is 4.65. The highest BCUT2D eigenvalue weighted by atomic mass is 32.1. The minimum Gasteiger partial charge on any atom is -0.515 e. The largest absolute Gasteiger partial charge is 0.515 e. The van der Waals surface area contributed by atoms with Gasteiger partial charge in [0.2, 0.25) is 0 Å². The van der Waals surface area contributed by atoms with E-state index in [1.165, 1.54) is 30.3 Å². The Morgan fingerprint density at radius 1 is 1.04 bits per heavy atom. The highest BCUT2D eigenvalue weighted by molar-refractivity contribution is 7.79. The molecular weight excluding hydrogens is 378 g/mol. The van der Waals surface area contributed by atoms with Gasteiger partial charge < -0.3 is 19.9 Å². The molecule has 7 heteroatoms. The van der Waals surface area contributed by atoms with Gasteiger partial charge in [-0.05, 0) is 29.8 Å². The number of thiocarbonyl (C=S) groups is 1. The van der Waals surface area contributed by atoms with Gasteiger partial charge in [0.25, 0.3) is 0 Å². The molecule has 0 fully saturated rings. The van der Waals surface area contributed by atoms with Crippen LogP contribution in [-0.2, 0) is 0 Å². The van der Waals surface area contributed by atoms with Crippen LogP contribution in [0.4, 0.5) is 5.69 Å². The lowest BCUT2D eigenvalue weighted by atomic mass is 9.90. The maximum atomic E-state index is 11.9. The molecule has 6 nitrogen and oxygen atoms in total. The molecule has 0 bridgehead atoms. The van der Waals surface area contributed by atoms with Crippen LogP contribution in [0, 0.1) is 0 Å². The number of aromatic hydroxyl groups is 1. The molecule has 0 saturated carbocycles. The molecule has 0 amide bonds. The van der Waals surface area contributed by atoms with E-state index >= 15 is 0 Å². The third-order valence-corrected chi connectivity index (χ3v) is 4.49. The fourth-order valence-electron chi connectivity index (χ4n) is 3.23. The SMILES string of the molecule is O=C(O)c1cc(N[C-]=S)ccc1-c1c2ccc(=O)cc-2oc2cc(O)ccc12. The number of hydrogen-bond donors (Lipinski definition) is 3. The molecule has 0 unspecified atom stereocenters. The van der Waals surface area contributed by atoms with E-state index in [0.717, 1.165) is 0 Å². The van der Waals surface area contributed by atoms with Gasteiger partial charge in [-0.25, -0.2) is 17.0 Å². The first-order valence-corrected chi connectivity index (χ1v) is 8.59. The quantitative estimate of drug-likeness (QED) is 0.208. The Bertz CT molecular complexity index is 1280. The van der Waals surface area contributed by atoms with Crippen LogP contribution in [0.25, 0.3) is 33.4 Å². The number of carboxylic acid groups (broad SMARTS) is 1. The summed E-state index contributed by atoms with van der Waals surface area (Å²) < 4.78 is 5.79. The molecule has 2 aromatic carbocycles. The van der Waals surface area contributed by atoms with Crippen molar-refractivity contribution < 1.29 is 19.4 Å². The number of phenolic OH excluding ortho intramolecular Hbond substituents is 1. The second-order valence-electron chi connectivity index (χ2n) is 6.11. The minimum absolute atomic E-state index is 0.00523. The zero-order chi connectivity index (χ0) is 19.8. The molecule has 138 valence electrons. The van der Waals surface area contributed by atoms with Gasteiger partial charge in [0.1, 0.15) is 17.1 Å². The molecule has 1 aliphatic heterocycles. The van der Waals surface area contributed by atoms with Crippen LogP contribution in [0.5, 0.6) is 5.75 Å². The van der Waals surface area contributed by atoms with E-state index in [1.54, 1.807) is 24.3 Å². The summed E-state index contributed by atoms with van der Waals surface area (Å²) in [4.78, 5) is 23.7. The molecule has 1 aliphatic carbocycles. The first-order valence-electron chi connectivity index (χ1n) is 8.18. The number of rotatable bonds is 4. The molecule has 3 N–H and O–H groups in total. The Morgan fingerprint density at radius 3 is 2.57 bits per heavy atom. The number of fused-ring (bicyclic) bond motifs is 2. The molecule has 1 heterocycles. The van der Waals surface area contributed by atoms with Gasteiger partial charge in [-0.1, -0.05) is 6.07 Å². The van der Waals surface area contributed by atoms with Gasteiger partial charge >= 0.3 is 5.97 Å². The number of anilines is 1. The van der Waals surface area contributed by atoms with Crippen molar-refractivity contribution in [1.82, 2.24) is 0 Å². The third-order valence-electron chi connectivity index (χ3n) is 4.39. The Balaban J connectivity index is 2.14. The van der Waals surface area contributed by atoms with Crippen molar-refractivity contribution in [2.75, 3.05) is 5.32 Å². The lowest BCUT2D eigenvalue weighted by molar-refractivity contribution is 0.0698. The van der Waals surface area contributed by atoms with Crippen LogP contribution in [0.2, 0.25) is 0 Å². The molecular formula is C21H12NO5S-. The van der Waals surface area contributed by atoms with E-state index < -0.39 is 5.97 Å². The molecule has 2 aromatic rings. The topological polar surface area (TPSA) is 99.8 Å². The van der Waals surface area contributed by atoms with Crippen LogP contribution in [0.3, 0.4) is 0 Å². The van der Waals surface area contributed by atoms with Gasteiger partial charge in [0.15, 0.2) is 5.43 Å².